The molecule has 10 heteroatoms. The number of carbonyl (C=O) groups is 1. The van der Waals surface area contributed by atoms with Crippen molar-refractivity contribution in [2.75, 3.05) is 29.5 Å². The van der Waals surface area contributed by atoms with Crippen molar-refractivity contribution in [1.82, 2.24) is 29.9 Å². The molecule has 0 fully saturated rings. The minimum absolute atomic E-state index is 0.0717. The van der Waals surface area contributed by atoms with Gasteiger partial charge >= 0.3 is 0 Å². The van der Waals surface area contributed by atoms with E-state index in [1.807, 2.05) is 45.0 Å². The van der Waals surface area contributed by atoms with Gasteiger partial charge in [0.15, 0.2) is 5.16 Å². The number of benzene rings is 1. The fraction of sp³-hybridized carbons (Fsp3) is 0.389. The molecule has 3 rings (SSSR count). The number of nitrogens with one attached hydrogen (secondary N) is 3. The van der Waals surface area contributed by atoms with E-state index < -0.39 is 0 Å². The second-order valence-electron chi connectivity index (χ2n) is 6.10. The zero-order valence-electron chi connectivity index (χ0n) is 16.2. The normalized spacial score (nSPS) is 10.8. The minimum Gasteiger partial charge on any atom is -0.355 e. The maximum atomic E-state index is 12.2. The van der Waals surface area contributed by atoms with Crippen LogP contribution in [-0.2, 0) is 11.3 Å². The highest BCUT2D eigenvalue weighted by molar-refractivity contribution is 7.99. The molecule has 0 radical (unpaired) electrons. The third-order valence-electron chi connectivity index (χ3n) is 3.86. The Kier molecular flexibility index (Phi) is 6.64. The number of aromatic nitrogens is 5. The van der Waals surface area contributed by atoms with Gasteiger partial charge in [-0.1, -0.05) is 41.6 Å². The molecule has 0 aliphatic carbocycles. The number of rotatable bonds is 9. The summed E-state index contributed by atoms with van der Waals surface area (Å²) in [6.07, 6.45) is 0. The Morgan fingerprint density at radius 2 is 1.82 bits per heavy atom. The van der Waals surface area contributed by atoms with Crippen LogP contribution in [0.25, 0.3) is 5.78 Å². The molecule has 0 aliphatic rings. The van der Waals surface area contributed by atoms with Gasteiger partial charge in [0.25, 0.3) is 5.78 Å². The third-order valence-corrected chi connectivity index (χ3v) is 4.79. The van der Waals surface area contributed by atoms with Crippen molar-refractivity contribution >= 4 is 35.3 Å². The van der Waals surface area contributed by atoms with Crippen LogP contribution in [0.3, 0.4) is 0 Å². The van der Waals surface area contributed by atoms with Crippen molar-refractivity contribution in [3.63, 3.8) is 0 Å². The molecule has 3 aromatic rings. The summed E-state index contributed by atoms with van der Waals surface area (Å²) in [7, 11) is 0. The molecule has 28 heavy (non-hydrogen) atoms. The number of aryl methyl sites for hydroxylation is 1. The number of carbonyl (C=O) groups excluding carboxylic acids is 1. The summed E-state index contributed by atoms with van der Waals surface area (Å²) in [5.41, 5.74) is 2.26. The lowest BCUT2D eigenvalue weighted by atomic mass is 10.1. The van der Waals surface area contributed by atoms with Gasteiger partial charge in [0, 0.05) is 19.6 Å². The molecule has 2 heterocycles. The van der Waals surface area contributed by atoms with Gasteiger partial charge in [0.1, 0.15) is 0 Å². The van der Waals surface area contributed by atoms with Crippen LogP contribution < -0.4 is 16.0 Å². The van der Waals surface area contributed by atoms with Crippen LogP contribution in [-0.4, -0.2) is 49.3 Å². The lowest BCUT2D eigenvalue weighted by Gasteiger charge is -2.09. The second kappa shape index (κ2) is 9.36. The van der Waals surface area contributed by atoms with E-state index in [1.165, 1.54) is 17.3 Å². The van der Waals surface area contributed by atoms with Crippen LogP contribution in [0.2, 0.25) is 0 Å². The number of fused-ring (bicyclic) bond motifs is 1. The van der Waals surface area contributed by atoms with E-state index in [0.29, 0.717) is 42.5 Å². The zero-order valence-corrected chi connectivity index (χ0v) is 17.0. The Hall–Kier alpha value is -2.88. The van der Waals surface area contributed by atoms with Crippen molar-refractivity contribution < 1.29 is 4.79 Å². The van der Waals surface area contributed by atoms with Crippen LogP contribution >= 0.6 is 11.8 Å². The minimum atomic E-state index is -0.0717. The number of anilines is 2. The molecule has 1 amide bonds. The van der Waals surface area contributed by atoms with Crippen molar-refractivity contribution in [3.05, 3.63) is 35.4 Å². The number of thioether (sulfide) groups is 1. The van der Waals surface area contributed by atoms with Crippen LogP contribution in [0, 0.1) is 6.92 Å². The van der Waals surface area contributed by atoms with Gasteiger partial charge in [-0.25, -0.2) is 4.40 Å². The van der Waals surface area contributed by atoms with Gasteiger partial charge in [-0.15, -0.1) is 10.2 Å². The Morgan fingerprint density at radius 3 is 2.54 bits per heavy atom. The average molecular weight is 401 g/mol. The monoisotopic (exact) mass is 400 g/mol. The number of nitrogens with zero attached hydrogens (tertiary/aromatic N) is 5. The summed E-state index contributed by atoms with van der Waals surface area (Å²) in [6.45, 7) is 7.89. The van der Waals surface area contributed by atoms with E-state index in [2.05, 4.69) is 36.1 Å². The Morgan fingerprint density at radius 1 is 1.07 bits per heavy atom. The molecule has 0 atom stereocenters. The highest BCUT2D eigenvalue weighted by atomic mass is 32.2. The third kappa shape index (κ3) is 4.89. The van der Waals surface area contributed by atoms with E-state index in [1.54, 1.807) is 4.40 Å². The Balaban J connectivity index is 1.66. The van der Waals surface area contributed by atoms with Crippen LogP contribution in [0.4, 0.5) is 11.9 Å². The molecule has 0 bridgehead atoms. The van der Waals surface area contributed by atoms with Gasteiger partial charge in [0.2, 0.25) is 17.8 Å². The van der Waals surface area contributed by atoms with E-state index >= 15 is 0 Å². The summed E-state index contributed by atoms with van der Waals surface area (Å²) < 4.78 is 1.72. The smallest absolute Gasteiger partial charge is 0.261 e. The fourth-order valence-electron chi connectivity index (χ4n) is 2.49. The molecule has 148 valence electrons. The second-order valence-corrected chi connectivity index (χ2v) is 7.04. The van der Waals surface area contributed by atoms with Crippen LogP contribution in [0.5, 0.6) is 0 Å². The number of hydrogen-bond donors (Lipinski definition) is 3. The number of amides is 1. The van der Waals surface area contributed by atoms with Crippen molar-refractivity contribution in [2.24, 2.45) is 0 Å². The first-order valence-electron chi connectivity index (χ1n) is 9.16. The first kappa shape index (κ1) is 19.9. The molecule has 1 aromatic carbocycles. The molecule has 9 nitrogen and oxygen atoms in total. The van der Waals surface area contributed by atoms with Gasteiger partial charge in [0.05, 0.1) is 5.75 Å². The molecule has 0 saturated heterocycles. The van der Waals surface area contributed by atoms with Gasteiger partial charge in [-0.3, -0.25) is 4.79 Å². The maximum Gasteiger partial charge on any atom is 0.261 e. The topological polar surface area (TPSA) is 109 Å². The maximum absolute atomic E-state index is 12.2. The Labute approximate surface area is 167 Å². The first-order chi connectivity index (χ1) is 13.6. The molecule has 0 saturated carbocycles. The van der Waals surface area contributed by atoms with Crippen molar-refractivity contribution in [2.45, 2.75) is 32.5 Å². The molecule has 0 spiro atoms. The average Bonchev–Trinajstić information content (AvgIpc) is 3.09. The summed E-state index contributed by atoms with van der Waals surface area (Å²) in [6, 6.07) is 8.08. The molecule has 0 unspecified atom stereocenters. The quantitative estimate of drug-likeness (QED) is 0.469. The Bertz CT molecular complexity index is 941. The van der Waals surface area contributed by atoms with E-state index in [-0.39, 0.29) is 11.7 Å². The summed E-state index contributed by atoms with van der Waals surface area (Å²) >= 11 is 1.30. The molecule has 0 aliphatic heterocycles. The largest absolute Gasteiger partial charge is 0.355 e. The summed E-state index contributed by atoms with van der Waals surface area (Å²) in [5, 5.41) is 18.0. The predicted octanol–water partition coefficient (Wildman–Crippen LogP) is 2.10. The first-order valence-corrected chi connectivity index (χ1v) is 10.1. The van der Waals surface area contributed by atoms with Gasteiger partial charge in [-0.2, -0.15) is 9.97 Å². The van der Waals surface area contributed by atoms with Crippen molar-refractivity contribution in [3.8, 4) is 0 Å². The lowest BCUT2D eigenvalue weighted by molar-refractivity contribution is -0.118. The SMILES string of the molecule is CCNc1nc(NCC)n2c(SCC(=O)NCc3ccc(C)cc3)nnc2n1. The highest BCUT2D eigenvalue weighted by Crippen LogP contribution is 2.20. The summed E-state index contributed by atoms with van der Waals surface area (Å²) in [5.74, 6) is 1.68. The van der Waals surface area contributed by atoms with E-state index in [9.17, 15) is 4.79 Å². The molecule has 2 aromatic heterocycles. The fourth-order valence-corrected chi connectivity index (χ4v) is 3.24. The van der Waals surface area contributed by atoms with Crippen LogP contribution in [0.15, 0.2) is 29.4 Å². The molecular weight excluding hydrogens is 376 g/mol. The summed E-state index contributed by atoms with van der Waals surface area (Å²) in [4.78, 5) is 21.0. The lowest BCUT2D eigenvalue weighted by Crippen LogP contribution is -2.24. The van der Waals surface area contributed by atoms with Crippen molar-refractivity contribution in [1.29, 1.82) is 0 Å². The standard InChI is InChI=1S/C18H24N8OS/c1-4-19-15-22-16(20-5-2)26-17(23-15)24-25-18(26)28-11-14(27)21-10-13-8-6-12(3)7-9-13/h6-9H,4-5,10-11H2,1-3H3,(H,21,27)(H2,19,20,22,23,24). The number of hydrogen-bond acceptors (Lipinski definition) is 8. The van der Waals surface area contributed by atoms with E-state index in [4.69, 9.17) is 0 Å². The molecular formula is C18H24N8OS. The van der Waals surface area contributed by atoms with E-state index in [0.717, 1.165) is 5.56 Å². The highest BCUT2D eigenvalue weighted by Gasteiger charge is 2.15. The predicted molar refractivity (Wildman–Crippen MR) is 111 cm³/mol. The van der Waals surface area contributed by atoms with Gasteiger partial charge < -0.3 is 16.0 Å². The van der Waals surface area contributed by atoms with Crippen LogP contribution in [0.1, 0.15) is 25.0 Å². The molecule has 3 N–H and O–H groups in total. The van der Waals surface area contributed by atoms with Gasteiger partial charge in [-0.05, 0) is 26.3 Å². The zero-order chi connectivity index (χ0) is 19.9.